The molecule has 0 radical (unpaired) electrons. The van der Waals surface area contributed by atoms with Gasteiger partial charge in [-0.2, -0.15) is 0 Å². The van der Waals surface area contributed by atoms with Crippen LogP contribution in [0.2, 0.25) is 0 Å². The smallest absolute Gasteiger partial charge is 0.282 e. The second-order valence-corrected chi connectivity index (χ2v) is 6.19. The molecule has 1 atom stereocenters. The molecular formula is C17H27N2O3+. The Balaban J connectivity index is 2.00. The Morgan fingerprint density at radius 1 is 1.36 bits per heavy atom. The number of hydrogen-bond acceptors (Lipinski definition) is 3. The minimum Gasteiger partial charge on any atom is -0.493 e. The summed E-state index contributed by atoms with van der Waals surface area (Å²) >= 11 is 0. The molecule has 3 N–H and O–H groups in total. The van der Waals surface area contributed by atoms with Gasteiger partial charge in [0.2, 0.25) is 0 Å². The number of nitrogens with one attached hydrogen (secondary N) is 1. The third-order valence-electron chi connectivity index (χ3n) is 3.76. The second kappa shape index (κ2) is 8.03. The lowest BCUT2D eigenvalue weighted by molar-refractivity contribution is -0.684. The first-order chi connectivity index (χ1) is 10.6. The van der Waals surface area contributed by atoms with Crippen LogP contribution in [0, 0.1) is 5.92 Å². The summed E-state index contributed by atoms with van der Waals surface area (Å²) in [6, 6.07) is 5.55. The van der Waals surface area contributed by atoms with Crippen molar-refractivity contribution in [1.82, 2.24) is 0 Å². The van der Waals surface area contributed by atoms with Gasteiger partial charge in [0.1, 0.15) is 0 Å². The highest BCUT2D eigenvalue weighted by Gasteiger charge is 2.24. The van der Waals surface area contributed by atoms with Crippen LogP contribution in [0.3, 0.4) is 0 Å². The molecule has 0 saturated carbocycles. The van der Waals surface area contributed by atoms with Crippen LogP contribution in [0.15, 0.2) is 18.2 Å². The van der Waals surface area contributed by atoms with Crippen molar-refractivity contribution in [2.45, 2.75) is 39.2 Å². The van der Waals surface area contributed by atoms with Gasteiger partial charge in [0, 0.05) is 18.2 Å². The first kappa shape index (κ1) is 16.6. The lowest BCUT2D eigenvalue weighted by atomic mass is 10.0. The fraction of sp³-hybridized carbons (Fsp3) is 0.588. The molecule has 22 heavy (non-hydrogen) atoms. The molecule has 1 amide bonds. The fourth-order valence-corrected chi connectivity index (χ4v) is 2.54. The van der Waals surface area contributed by atoms with Crippen LogP contribution in [0.1, 0.15) is 33.1 Å². The number of carbonyl (C=O) groups excluding carboxylic acids is 1. The summed E-state index contributed by atoms with van der Waals surface area (Å²) in [6.07, 6.45) is 3.26. The number of benzene rings is 1. The third-order valence-corrected chi connectivity index (χ3v) is 3.76. The van der Waals surface area contributed by atoms with Crippen molar-refractivity contribution in [3.05, 3.63) is 18.2 Å². The summed E-state index contributed by atoms with van der Waals surface area (Å²) in [6.45, 7) is 5.87. The average molecular weight is 307 g/mol. The van der Waals surface area contributed by atoms with E-state index in [9.17, 15) is 4.79 Å². The van der Waals surface area contributed by atoms with Crippen molar-refractivity contribution >= 4 is 11.6 Å². The number of anilines is 1. The van der Waals surface area contributed by atoms with Crippen LogP contribution in [-0.4, -0.2) is 32.2 Å². The SMILES string of the molecule is COc1cc(NC(=O)[C@H]2CCCC[NH2+]2)ccc1OCC(C)C. The number of rotatable bonds is 6. The summed E-state index contributed by atoms with van der Waals surface area (Å²) in [7, 11) is 1.61. The Kier molecular flexibility index (Phi) is 6.07. The Bertz CT molecular complexity index is 497. The van der Waals surface area contributed by atoms with Crippen LogP contribution >= 0.6 is 0 Å². The predicted octanol–water partition coefficient (Wildman–Crippen LogP) is 1.78. The van der Waals surface area contributed by atoms with Crippen molar-refractivity contribution in [2.24, 2.45) is 5.92 Å². The van der Waals surface area contributed by atoms with E-state index in [0.717, 1.165) is 25.1 Å². The monoisotopic (exact) mass is 307 g/mol. The van der Waals surface area contributed by atoms with E-state index in [1.54, 1.807) is 7.11 Å². The molecule has 1 aliphatic heterocycles. The van der Waals surface area contributed by atoms with Crippen molar-refractivity contribution in [3.8, 4) is 11.5 Å². The molecule has 1 heterocycles. The minimum atomic E-state index is 0.0246. The van der Waals surface area contributed by atoms with Crippen molar-refractivity contribution in [3.63, 3.8) is 0 Å². The fourth-order valence-electron chi connectivity index (χ4n) is 2.54. The van der Waals surface area contributed by atoms with E-state index in [0.29, 0.717) is 24.0 Å². The molecule has 122 valence electrons. The largest absolute Gasteiger partial charge is 0.493 e. The number of carbonyl (C=O) groups is 1. The highest BCUT2D eigenvalue weighted by atomic mass is 16.5. The quantitative estimate of drug-likeness (QED) is 0.842. The normalized spacial score (nSPS) is 18.1. The van der Waals surface area contributed by atoms with Gasteiger partial charge >= 0.3 is 0 Å². The maximum Gasteiger partial charge on any atom is 0.282 e. The van der Waals surface area contributed by atoms with E-state index in [1.807, 2.05) is 18.2 Å². The molecule has 1 saturated heterocycles. The van der Waals surface area contributed by atoms with Gasteiger partial charge in [0.05, 0.1) is 20.3 Å². The number of methoxy groups -OCH3 is 1. The lowest BCUT2D eigenvalue weighted by Crippen LogP contribution is -2.93. The standard InChI is InChI=1S/C17H26N2O3/c1-12(2)11-22-15-8-7-13(10-16(15)21-3)19-17(20)14-6-4-5-9-18-14/h7-8,10,12,14,18H,4-6,9,11H2,1-3H3,(H,19,20)/p+1/t14-/m1/s1. The number of quaternary nitrogens is 1. The van der Waals surface area contributed by atoms with Crippen LogP contribution in [0.5, 0.6) is 11.5 Å². The van der Waals surface area contributed by atoms with E-state index >= 15 is 0 Å². The van der Waals surface area contributed by atoms with Gasteiger partial charge < -0.3 is 20.1 Å². The van der Waals surface area contributed by atoms with E-state index in [4.69, 9.17) is 9.47 Å². The molecule has 1 aliphatic rings. The van der Waals surface area contributed by atoms with Gasteiger partial charge in [-0.3, -0.25) is 4.79 Å². The minimum absolute atomic E-state index is 0.0246. The predicted molar refractivity (Wildman–Crippen MR) is 86.4 cm³/mol. The van der Waals surface area contributed by atoms with Crippen LogP contribution in [0.4, 0.5) is 5.69 Å². The molecular weight excluding hydrogens is 280 g/mol. The molecule has 1 fully saturated rings. The van der Waals surface area contributed by atoms with Gasteiger partial charge in [-0.1, -0.05) is 13.8 Å². The number of piperidine rings is 1. The molecule has 0 aliphatic carbocycles. The van der Waals surface area contributed by atoms with Gasteiger partial charge in [-0.25, -0.2) is 0 Å². The zero-order chi connectivity index (χ0) is 15.9. The van der Waals surface area contributed by atoms with Crippen LogP contribution in [0.25, 0.3) is 0 Å². The number of nitrogens with two attached hydrogens (primary N) is 1. The second-order valence-electron chi connectivity index (χ2n) is 6.19. The summed E-state index contributed by atoms with van der Waals surface area (Å²) in [5, 5.41) is 5.09. The number of hydrogen-bond donors (Lipinski definition) is 2. The highest BCUT2D eigenvalue weighted by Crippen LogP contribution is 2.30. The molecule has 0 aromatic heterocycles. The van der Waals surface area contributed by atoms with Gasteiger partial charge in [0.25, 0.3) is 5.91 Å². The van der Waals surface area contributed by atoms with Crippen molar-refractivity contribution in [1.29, 1.82) is 0 Å². The Labute approximate surface area is 132 Å². The lowest BCUT2D eigenvalue weighted by Gasteiger charge is -2.20. The van der Waals surface area contributed by atoms with E-state index < -0.39 is 0 Å². The average Bonchev–Trinajstić information content (AvgIpc) is 2.54. The van der Waals surface area contributed by atoms with E-state index in [1.165, 1.54) is 6.42 Å². The molecule has 0 unspecified atom stereocenters. The number of amides is 1. The van der Waals surface area contributed by atoms with Crippen molar-refractivity contribution in [2.75, 3.05) is 25.6 Å². The molecule has 5 nitrogen and oxygen atoms in total. The van der Waals surface area contributed by atoms with E-state index in [-0.39, 0.29) is 11.9 Å². The Morgan fingerprint density at radius 2 is 2.18 bits per heavy atom. The first-order valence-corrected chi connectivity index (χ1v) is 8.05. The zero-order valence-corrected chi connectivity index (χ0v) is 13.7. The van der Waals surface area contributed by atoms with E-state index in [2.05, 4.69) is 24.5 Å². The molecule has 5 heteroatoms. The zero-order valence-electron chi connectivity index (χ0n) is 13.7. The Morgan fingerprint density at radius 3 is 2.82 bits per heavy atom. The maximum atomic E-state index is 12.3. The molecule has 0 bridgehead atoms. The maximum absolute atomic E-state index is 12.3. The highest BCUT2D eigenvalue weighted by molar-refractivity contribution is 5.94. The van der Waals surface area contributed by atoms with Gasteiger partial charge in [0.15, 0.2) is 17.5 Å². The molecule has 0 spiro atoms. The summed E-state index contributed by atoms with van der Waals surface area (Å²) in [5.41, 5.74) is 0.748. The van der Waals surface area contributed by atoms with Crippen molar-refractivity contribution < 1.29 is 19.6 Å². The molecule has 2 rings (SSSR count). The van der Waals surface area contributed by atoms with Crippen LogP contribution < -0.4 is 20.1 Å². The molecule has 1 aromatic rings. The summed E-state index contributed by atoms with van der Waals surface area (Å²) < 4.78 is 11.1. The van der Waals surface area contributed by atoms with Crippen LogP contribution in [-0.2, 0) is 4.79 Å². The topological polar surface area (TPSA) is 64.2 Å². The first-order valence-electron chi connectivity index (χ1n) is 8.05. The molecule has 1 aromatic carbocycles. The summed E-state index contributed by atoms with van der Waals surface area (Å²) in [5.74, 6) is 1.87. The number of ether oxygens (including phenoxy) is 2. The summed E-state index contributed by atoms with van der Waals surface area (Å²) in [4.78, 5) is 12.3. The van der Waals surface area contributed by atoms with Gasteiger partial charge in [-0.15, -0.1) is 0 Å². The third kappa shape index (κ3) is 4.63. The Hall–Kier alpha value is -1.75. The van der Waals surface area contributed by atoms with Gasteiger partial charge in [-0.05, 0) is 30.9 Å².